The molecule has 0 bridgehead atoms. The van der Waals surface area contributed by atoms with Gasteiger partial charge in [0.15, 0.2) is 0 Å². The summed E-state index contributed by atoms with van der Waals surface area (Å²) in [6.45, 7) is 6.21. The maximum Gasteiger partial charge on any atom is 0.243 e. The summed E-state index contributed by atoms with van der Waals surface area (Å²) in [5, 5.41) is 5.77. The molecule has 0 radical (unpaired) electrons. The number of carbonyl (C=O) groups excluding carboxylic acids is 3. The highest BCUT2D eigenvalue weighted by Crippen LogP contribution is 2.29. The van der Waals surface area contributed by atoms with Crippen LogP contribution in [-0.2, 0) is 20.8 Å². The van der Waals surface area contributed by atoms with E-state index in [9.17, 15) is 14.4 Å². The molecule has 0 spiro atoms. The third-order valence-electron chi connectivity index (χ3n) is 8.06. The second-order valence-electron chi connectivity index (χ2n) is 10.7. The molecule has 0 aliphatic carbocycles. The molecule has 0 aromatic heterocycles. The number of benzene rings is 3. The first-order valence-electron chi connectivity index (χ1n) is 14.5. The van der Waals surface area contributed by atoms with Crippen LogP contribution in [0.5, 0.6) is 0 Å². The quantitative estimate of drug-likeness (QED) is 0.425. The van der Waals surface area contributed by atoms with Gasteiger partial charge in [-0.2, -0.15) is 0 Å². The van der Waals surface area contributed by atoms with Gasteiger partial charge in [-0.25, -0.2) is 0 Å². The Bertz CT molecular complexity index is 1290. The van der Waals surface area contributed by atoms with Crippen LogP contribution in [0.15, 0.2) is 84.9 Å². The van der Waals surface area contributed by atoms with Crippen molar-refractivity contribution in [2.24, 2.45) is 0 Å². The molecule has 1 unspecified atom stereocenters. The van der Waals surface area contributed by atoms with E-state index in [2.05, 4.69) is 69.0 Å². The van der Waals surface area contributed by atoms with E-state index in [1.165, 1.54) is 11.1 Å². The standard InChI is InChI=1S/C33H39N5O3/c1-2-25-11-9-10-16-28(25)35-30(39)23-29-33(41)34-17-18-38(29)31(40)24-36-19-21-37(22-20-36)32(26-12-5-3-6-13-26)27-14-7-4-8-15-27/h3-16,29,32H,2,17-24H2,1H3,(H,34,41)(H,35,39). The largest absolute Gasteiger partial charge is 0.353 e. The van der Waals surface area contributed by atoms with Crippen molar-refractivity contribution in [1.29, 1.82) is 0 Å². The van der Waals surface area contributed by atoms with Crippen molar-refractivity contribution in [3.8, 4) is 0 Å². The van der Waals surface area contributed by atoms with Crippen LogP contribution in [0, 0.1) is 0 Å². The van der Waals surface area contributed by atoms with Gasteiger partial charge in [-0.15, -0.1) is 0 Å². The number of piperazine rings is 2. The molecule has 8 nitrogen and oxygen atoms in total. The van der Waals surface area contributed by atoms with Crippen molar-refractivity contribution in [3.05, 3.63) is 102 Å². The topological polar surface area (TPSA) is 85.0 Å². The van der Waals surface area contributed by atoms with Crippen molar-refractivity contribution >= 4 is 23.4 Å². The third kappa shape index (κ3) is 7.01. The fourth-order valence-corrected chi connectivity index (χ4v) is 5.89. The number of rotatable bonds is 9. The van der Waals surface area contributed by atoms with E-state index in [0.717, 1.165) is 43.9 Å². The lowest BCUT2D eigenvalue weighted by atomic mass is 9.96. The van der Waals surface area contributed by atoms with Gasteiger partial charge in [0.25, 0.3) is 0 Å². The lowest BCUT2D eigenvalue weighted by molar-refractivity contribution is -0.145. The lowest BCUT2D eigenvalue weighted by Gasteiger charge is -2.41. The molecule has 8 heteroatoms. The number of aryl methyl sites for hydroxylation is 1. The van der Waals surface area contributed by atoms with Crippen LogP contribution < -0.4 is 10.6 Å². The van der Waals surface area contributed by atoms with Crippen LogP contribution >= 0.6 is 0 Å². The Hall–Kier alpha value is -4.01. The zero-order valence-corrected chi connectivity index (χ0v) is 23.7. The van der Waals surface area contributed by atoms with Gasteiger partial charge in [-0.3, -0.25) is 24.2 Å². The molecule has 3 aromatic rings. The fourth-order valence-electron chi connectivity index (χ4n) is 5.89. The molecule has 214 valence electrons. The SMILES string of the molecule is CCc1ccccc1NC(=O)CC1C(=O)NCCN1C(=O)CN1CCN(C(c2ccccc2)c2ccccc2)CC1. The van der Waals surface area contributed by atoms with Crippen LogP contribution in [0.2, 0.25) is 0 Å². The van der Waals surface area contributed by atoms with Crippen LogP contribution in [-0.4, -0.2) is 84.3 Å². The lowest BCUT2D eigenvalue weighted by Crippen LogP contribution is -2.60. The van der Waals surface area contributed by atoms with E-state index in [4.69, 9.17) is 0 Å². The van der Waals surface area contributed by atoms with Crippen molar-refractivity contribution in [3.63, 3.8) is 0 Å². The minimum Gasteiger partial charge on any atom is -0.353 e. The summed E-state index contributed by atoms with van der Waals surface area (Å²) < 4.78 is 0. The molecule has 2 aliphatic heterocycles. The maximum absolute atomic E-state index is 13.5. The van der Waals surface area contributed by atoms with Gasteiger partial charge < -0.3 is 15.5 Å². The molecule has 2 heterocycles. The number of anilines is 1. The summed E-state index contributed by atoms with van der Waals surface area (Å²) in [7, 11) is 0. The van der Waals surface area contributed by atoms with Crippen molar-refractivity contribution in [1.82, 2.24) is 20.0 Å². The highest BCUT2D eigenvalue weighted by atomic mass is 16.2. The number of carbonyl (C=O) groups is 3. The molecule has 0 saturated carbocycles. The minimum atomic E-state index is -0.813. The first kappa shape index (κ1) is 28.5. The predicted octanol–water partition coefficient (Wildman–Crippen LogP) is 3.31. The third-order valence-corrected chi connectivity index (χ3v) is 8.06. The first-order chi connectivity index (χ1) is 20.0. The second kappa shape index (κ2) is 13.6. The number of hydrogen-bond acceptors (Lipinski definition) is 5. The number of amides is 3. The molecule has 2 aliphatic rings. The van der Waals surface area contributed by atoms with Crippen molar-refractivity contribution in [2.45, 2.75) is 31.8 Å². The smallest absolute Gasteiger partial charge is 0.243 e. The Morgan fingerprint density at radius 2 is 1.46 bits per heavy atom. The summed E-state index contributed by atoms with van der Waals surface area (Å²) in [5.41, 5.74) is 4.29. The highest BCUT2D eigenvalue weighted by molar-refractivity contribution is 5.98. The molecule has 41 heavy (non-hydrogen) atoms. The Labute approximate surface area is 242 Å². The normalized spacial score (nSPS) is 18.2. The van der Waals surface area contributed by atoms with Gasteiger partial charge in [-0.05, 0) is 29.2 Å². The Kier molecular flexibility index (Phi) is 9.44. The average Bonchev–Trinajstić information content (AvgIpc) is 3.00. The summed E-state index contributed by atoms with van der Waals surface area (Å²) >= 11 is 0. The van der Waals surface area contributed by atoms with Crippen LogP contribution in [0.1, 0.15) is 36.1 Å². The molecule has 2 N–H and O–H groups in total. The van der Waals surface area contributed by atoms with E-state index >= 15 is 0 Å². The van der Waals surface area contributed by atoms with Crippen molar-refractivity contribution < 1.29 is 14.4 Å². The fraction of sp³-hybridized carbons (Fsp3) is 0.364. The summed E-state index contributed by atoms with van der Waals surface area (Å²) in [6.07, 6.45) is 0.717. The molecule has 3 amide bonds. The van der Waals surface area contributed by atoms with Crippen molar-refractivity contribution in [2.75, 3.05) is 51.1 Å². The number of para-hydroxylation sites is 1. The Balaban J connectivity index is 1.20. The molecule has 5 rings (SSSR count). The van der Waals surface area contributed by atoms with Gasteiger partial charge in [0.05, 0.1) is 19.0 Å². The summed E-state index contributed by atoms with van der Waals surface area (Å²) in [4.78, 5) is 45.4. The summed E-state index contributed by atoms with van der Waals surface area (Å²) in [5.74, 6) is -0.656. The van der Waals surface area contributed by atoms with Gasteiger partial charge in [0.1, 0.15) is 6.04 Å². The molecule has 2 fully saturated rings. The van der Waals surface area contributed by atoms with E-state index < -0.39 is 6.04 Å². The zero-order valence-electron chi connectivity index (χ0n) is 23.7. The van der Waals surface area contributed by atoms with E-state index in [1.54, 1.807) is 4.90 Å². The molecule has 1 atom stereocenters. The van der Waals surface area contributed by atoms with E-state index in [0.29, 0.717) is 13.1 Å². The van der Waals surface area contributed by atoms with Crippen LogP contribution in [0.4, 0.5) is 5.69 Å². The van der Waals surface area contributed by atoms with Gasteiger partial charge in [0, 0.05) is 45.0 Å². The minimum absolute atomic E-state index is 0.0702. The average molecular weight is 554 g/mol. The van der Waals surface area contributed by atoms with Gasteiger partial charge >= 0.3 is 0 Å². The summed E-state index contributed by atoms with van der Waals surface area (Å²) in [6, 6.07) is 28.1. The Morgan fingerprint density at radius 3 is 2.10 bits per heavy atom. The van der Waals surface area contributed by atoms with E-state index in [1.807, 2.05) is 43.3 Å². The second-order valence-corrected chi connectivity index (χ2v) is 10.7. The molecule has 3 aromatic carbocycles. The zero-order chi connectivity index (χ0) is 28.6. The van der Waals surface area contributed by atoms with Crippen LogP contribution in [0.25, 0.3) is 0 Å². The molecular formula is C33H39N5O3. The van der Waals surface area contributed by atoms with E-state index in [-0.39, 0.29) is 36.7 Å². The first-order valence-corrected chi connectivity index (χ1v) is 14.5. The molecule has 2 saturated heterocycles. The maximum atomic E-state index is 13.5. The number of nitrogens with zero attached hydrogens (tertiary/aromatic N) is 3. The van der Waals surface area contributed by atoms with Crippen LogP contribution in [0.3, 0.4) is 0 Å². The van der Waals surface area contributed by atoms with Gasteiger partial charge in [-0.1, -0.05) is 85.8 Å². The number of hydrogen-bond donors (Lipinski definition) is 2. The Morgan fingerprint density at radius 1 is 0.854 bits per heavy atom. The number of nitrogens with one attached hydrogen (secondary N) is 2. The highest BCUT2D eigenvalue weighted by Gasteiger charge is 2.36. The monoisotopic (exact) mass is 553 g/mol. The predicted molar refractivity (Wildman–Crippen MR) is 160 cm³/mol. The van der Waals surface area contributed by atoms with Gasteiger partial charge in [0.2, 0.25) is 17.7 Å². The molecular weight excluding hydrogens is 514 g/mol.